The minimum Gasteiger partial charge on any atom is -0.376 e. The van der Waals surface area contributed by atoms with Crippen molar-refractivity contribution in [1.29, 1.82) is 0 Å². The summed E-state index contributed by atoms with van der Waals surface area (Å²) in [5, 5.41) is 3.29. The predicted molar refractivity (Wildman–Crippen MR) is 70.2 cm³/mol. The van der Waals surface area contributed by atoms with E-state index in [4.69, 9.17) is 10.5 Å². The number of amides is 1. The van der Waals surface area contributed by atoms with Gasteiger partial charge >= 0.3 is 0 Å². The molecule has 0 aliphatic carbocycles. The van der Waals surface area contributed by atoms with Gasteiger partial charge in [-0.15, -0.1) is 0 Å². The summed E-state index contributed by atoms with van der Waals surface area (Å²) in [5.74, 6) is -0.517. The molecule has 2 rings (SSSR count). The van der Waals surface area contributed by atoms with Crippen molar-refractivity contribution in [2.24, 2.45) is 11.7 Å². The quantitative estimate of drug-likeness (QED) is 0.847. The lowest BCUT2D eigenvalue weighted by Gasteiger charge is -2.22. The van der Waals surface area contributed by atoms with Gasteiger partial charge in [0.25, 0.3) is 0 Å². The molecular formula is C14H19FN2O2. The maximum Gasteiger partial charge on any atom is 0.248 e. The molecule has 0 unspecified atom stereocenters. The van der Waals surface area contributed by atoms with Crippen molar-refractivity contribution < 1.29 is 13.9 Å². The van der Waals surface area contributed by atoms with Crippen LogP contribution in [-0.2, 0) is 11.3 Å². The maximum atomic E-state index is 13.7. The summed E-state index contributed by atoms with van der Waals surface area (Å²) in [7, 11) is 0. The molecule has 1 aromatic carbocycles. The Morgan fingerprint density at radius 3 is 2.79 bits per heavy atom. The van der Waals surface area contributed by atoms with Crippen molar-refractivity contribution >= 4 is 5.91 Å². The molecule has 0 bridgehead atoms. The van der Waals surface area contributed by atoms with E-state index in [0.717, 1.165) is 32.0 Å². The molecule has 1 fully saturated rings. The summed E-state index contributed by atoms with van der Waals surface area (Å²) in [6, 6.07) is 4.23. The van der Waals surface area contributed by atoms with Crippen LogP contribution >= 0.6 is 0 Å². The Morgan fingerprint density at radius 1 is 1.42 bits per heavy atom. The standard InChI is InChI=1S/C14H19FN2O2/c15-13-7-11(14(16)18)1-2-12(13)9-19-8-10-3-5-17-6-4-10/h1-2,7,10,17H,3-6,8-9H2,(H2,16,18). The Morgan fingerprint density at radius 2 is 2.16 bits per heavy atom. The molecule has 1 saturated heterocycles. The van der Waals surface area contributed by atoms with Gasteiger partial charge in [-0.1, -0.05) is 6.07 Å². The first-order chi connectivity index (χ1) is 9.16. The molecule has 0 saturated carbocycles. The van der Waals surface area contributed by atoms with Gasteiger partial charge in [-0.3, -0.25) is 4.79 Å². The van der Waals surface area contributed by atoms with Gasteiger partial charge in [0, 0.05) is 17.7 Å². The molecule has 0 aromatic heterocycles. The number of carbonyl (C=O) groups is 1. The van der Waals surface area contributed by atoms with E-state index in [2.05, 4.69) is 5.32 Å². The third-order valence-electron chi connectivity index (χ3n) is 3.41. The summed E-state index contributed by atoms with van der Waals surface area (Å²) >= 11 is 0. The minimum absolute atomic E-state index is 0.180. The monoisotopic (exact) mass is 266 g/mol. The first-order valence-electron chi connectivity index (χ1n) is 6.53. The second-order valence-electron chi connectivity index (χ2n) is 4.88. The highest BCUT2D eigenvalue weighted by molar-refractivity contribution is 5.92. The topological polar surface area (TPSA) is 64.4 Å². The fraction of sp³-hybridized carbons (Fsp3) is 0.500. The molecule has 1 aromatic rings. The van der Waals surface area contributed by atoms with Crippen molar-refractivity contribution in [2.45, 2.75) is 19.4 Å². The van der Waals surface area contributed by atoms with Gasteiger partial charge in [-0.25, -0.2) is 4.39 Å². The average molecular weight is 266 g/mol. The highest BCUT2D eigenvalue weighted by atomic mass is 19.1. The van der Waals surface area contributed by atoms with Crippen LogP contribution in [0.1, 0.15) is 28.8 Å². The first-order valence-corrected chi connectivity index (χ1v) is 6.53. The lowest BCUT2D eigenvalue weighted by atomic mass is 9.99. The fourth-order valence-corrected chi connectivity index (χ4v) is 2.20. The summed E-state index contributed by atoms with van der Waals surface area (Å²) in [5.41, 5.74) is 5.73. The summed E-state index contributed by atoms with van der Waals surface area (Å²) in [4.78, 5) is 10.9. The van der Waals surface area contributed by atoms with E-state index >= 15 is 0 Å². The highest BCUT2D eigenvalue weighted by Gasteiger charge is 2.13. The van der Waals surface area contributed by atoms with Gasteiger partial charge in [0.15, 0.2) is 0 Å². The normalized spacial score (nSPS) is 16.5. The van der Waals surface area contributed by atoms with Crippen LogP contribution in [0.2, 0.25) is 0 Å². The zero-order valence-corrected chi connectivity index (χ0v) is 10.8. The lowest BCUT2D eigenvalue weighted by Crippen LogP contribution is -2.29. The maximum absolute atomic E-state index is 13.7. The second kappa shape index (κ2) is 6.63. The van der Waals surface area contributed by atoms with Crippen molar-refractivity contribution in [3.05, 3.63) is 35.1 Å². The number of hydrogen-bond donors (Lipinski definition) is 2. The smallest absolute Gasteiger partial charge is 0.248 e. The Kier molecular flexibility index (Phi) is 4.87. The number of primary amides is 1. The van der Waals surface area contributed by atoms with Crippen LogP contribution in [0.3, 0.4) is 0 Å². The van der Waals surface area contributed by atoms with E-state index in [1.807, 2.05) is 0 Å². The van der Waals surface area contributed by atoms with Crippen molar-refractivity contribution in [3.63, 3.8) is 0 Å². The third kappa shape index (κ3) is 4.01. The molecule has 19 heavy (non-hydrogen) atoms. The fourth-order valence-electron chi connectivity index (χ4n) is 2.20. The van der Waals surface area contributed by atoms with Gasteiger partial charge in [0.05, 0.1) is 6.61 Å². The van der Waals surface area contributed by atoms with Crippen molar-refractivity contribution in [2.75, 3.05) is 19.7 Å². The number of halogens is 1. The first kappa shape index (κ1) is 14.0. The Balaban J connectivity index is 1.83. The van der Waals surface area contributed by atoms with Crippen LogP contribution in [0, 0.1) is 11.7 Å². The summed E-state index contributed by atoms with van der Waals surface area (Å²) in [6.45, 7) is 2.93. The van der Waals surface area contributed by atoms with Gasteiger partial charge in [-0.05, 0) is 44.0 Å². The molecule has 1 aliphatic heterocycles. The molecule has 0 spiro atoms. The predicted octanol–water partition coefficient (Wildman–Crippen LogP) is 1.44. The van der Waals surface area contributed by atoms with Gasteiger partial charge in [-0.2, -0.15) is 0 Å². The van der Waals surface area contributed by atoms with Crippen LogP contribution in [0.15, 0.2) is 18.2 Å². The molecule has 1 heterocycles. The van der Waals surface area contributed by atoms with E-state index in [1.165, 1.54) is 6.07 Å². The summed E-state index contributed by atoms with van der Waals surface area (Å²) in [6.07, 6.45) is 2.20. The van der Waals surface area contributed by atoms with E-state index in [9.17, 15) is 9.18 Å². The number of nitrogens with two attached hydrogens (primary N) is 1. The number of piperidine rings is 1. The Hall–Kier alpha value is -1.46. The van der Waals surface area contributed by atoms with Gasteiger partial charge in [0.1, 0.15) is 5.82 Å². The highest BCUT2D eigenvalue weighted by Crippen LogP contribution is 2.15. The molecule has 3 N–H and O–H groups in total. The van der Waals surface area contributed by atoms with Crippen LogP contribution < -0.4 is 11.1 Å². The van der Waals surface area contributed by atoms with E-state index in [-0.39, 0.29) is 12.2 Å². The van der Waals surface area contributed by atoms with E-state index < -0.39 is 11.7 Å². The molecule has 1 aliphatic rings. The molecule has 104 valence electrons. The van der Waals surface area contributed by atoms with Crippen LogP contribution in [0.4, 0.5) is 4.39 Å². The number of nitrogens with one attached hydrogen (secondary N) is 1. The Bertz CT molecular complexity index is 445. The number of hydrogen-bond acceptors (Lipinski definition) is 3. The van der Waals surface area contributed by atoms with Crippen LogP contribution in [0.5, 0.6) is 0 Å². The number of rotatable bonds is 5. The number of carbonyl (C=O) groups excluding carboxylic acids is 1. The largest absolute Gasteiger partial charge is 0.376 e. The Labute approximate surface area is 112 Å². The average Bonchev–Trinajstić information content (AvgIpc) is 2.41. The molecule has 4 nitrogen and oxygen atoms in total. The molecule has 1 amide bonds. The molecule has 5 heteroatoms. The number of benzene rings is 1. The van der Waals surface area contributed by atoms with E-state index in [0.29, 0.717) is 18.1 Å². The molecular weight excluding hydrogens is 247 g/mol. The minimum atomic E-state index is -0.624. The lowest BCUT2D eigenvalue weighted by molar-refractivity contribution is 0.0746. The van der Waals surface area contributed by atoms with Crippen molar-refractivity contribution in [3.8, 4) is 0 Å². The van der Waals surface area contributed by atoms with Crippen LogP contribution in [-0.4, -0.2) is 25.6 Å². The number of ether oxygens (including phenoxy) is 1. The molecule has 0 atom stereocenters. The summed E-state index contributed by atoms with van der Waals surface area (Å²) < 4.78 is 19.2. The van der Waals surface area contributed by atoms with Gasteiger partial charge in [0.2, 0.25) is 5.91 Å². The second-order valence-corrected chi connectivity index (χ2v) is 4.88. The third-order valence-corrected chi connectivity index (χ3v) is 3.41. The van der Waals surface area contributed by atoms with E-state index in [1.54, 1.807) is 6.07 Å². The van der Waals surface area contributed by atoms with Crippen LogP contribution in [0.25, 0.3) is 0 Å². The zero-order chi connectivity index (χ0) is 13.7. The SMILES string of the molecule is NC(=O)c1ccc(COCC2CCNCC2)c(F)c1. The zero-order valence-electron chi connectivity index (χ0n) is 10.8. The molecule has 0 radical (unpaired) electrons. The van der Waals surface area contributed by atoms with Gasteiger partial charge < -0.3 is 15.8 Å². The van der Waals surface area contributed by atoms with Crippen molar-refractivity contribution in [1.82, 2.24) is 5.32 Å².